The van der Waals surface area contributed by atoms with Crippen LogP contribution in [0, 0.1) is 0 Å². The van der Waals surface area contributed by atoms with Crippen LogP contribution in [0.2, 0.25) is 0 Å². The zero-order valence-corrected chi connectivity index (χ0v) is 10.8. The average molecular weight is 260 g/mol. The number of hydrogen-bond acceptors (Lipinski definition) is 4. The summed E-state index contributed by atoms with van der Waals surface area (Å²) in [6.07, 6.45) is 5.01. The molecule has 0 saturated carbocycles. The van der Waals surface area contributed by atoms with Crippen LogP contribution in [0.5, 0.6) is 0 Å². The lowest BCUT2D eigenvalue weighted by Gasteiger charge is -2.31. The maximum Gasteiger partial charge on any atom is 0.337 e. The molecule has 1 aliphatic rings. The summed E-state index contributed by atoms with van der Waals surface area (Å²) in [4.78, 5) is 13.3. The second-order valence-electron chi connectivity index (χ2n) is 5.00. The molecular formula is C13H16N4O2. The van der Waals surface area contributed by atoms with Gasteiger partial charge in [-0.15, -0.1) is 10.2 Å². The molecular weight excluding hydrogens is 244 g/mol. The molecule has 1 saturated heterocycles. The van der Waals surface area contributed by atoms with Crippen LogP contribution < -0.4 is 0 Å². The molecule has 1 aliphatic heterocycles. The number of piperidine rings is 1. The topological polar surface area (TPSA) is 70.7 Å². The number of aromatic nitrogens is 3. The number of aromatic carboxylic acids is 1. The van der Waals surface area contributed by atoms with E-state index in [0.717, 1.165) is 18.8 Å². The fraction of sp³-hybridized carbons (Fsp3) is 0.462. The largest absolute Gasteiger partial charge is 0.478 e. The Kier molecular flexibility index (Phi) is 2.94. The highest BCUT2D eigenvalue weighted by molar-refractivity contribution is 5.87. The number of carboxylic acids is 1. The van der Waals surface area contributed by atoms with E-state index < -0.39 is 5.97 Å². The summed E-state index contributed by atoms with van der Waals surface area (Å²) < 4.78 is 1.80. The number of carbonyl (C=O) groups is 1. The van der Waals surface area contributed by atoms with Crippen molar-refractivity contribution in [2.24, 2.45) is 0 Å². The number of carboxylic acid groups (broad SMARTS) is 1. The number of rotatable bonds is 2. The Bertz CT molecular complexity index is 622. The average Bonchev–Trinajstić information content (AvgIpc) is 2.82. The molecule has 3 heterocycles. The fourth-order valence-electron chi connectivity index (χ4n) is 2.66. The van der Waals surface area contributed by atoms with Gasteiger partial charge < -0.3 is 5.11 Å². The fourth-order valence-corrected chi connectivity index (χ4v) is 2.66. The van der Waals surface area contributed by atoms with Crippen LogP contribution in [0.4, 0.5) is 0 Å². The molecule has 0 aromatic carbocycles. The van der Waals surface area contributed by atoms with Crippen molar-refractivity contribution < 1.29 is 9.90 Å². The summed E-state index contributed by atoms with van der Waals surface area (Å²) in [5, 5.41) is 17.4. The molecule has 1 atom stereocenters. The third-order valence-corrected chi connectivity index (χ3v) is 3.74. The van der Waals surface area contributed by atoms with Gasteiger partial charge in [0.1, 0.15) is 0 Å². The second kappa shape index (κ2) is 4.62. The third-order valence-electron chi connectivity index (χ3n) is 3.74. The van der Waals surface area contributed by atoms with Crippen molar-refractivity contribution in [1.29, 1.82) is 0 Å². The van der Waals surface area contributed by atoms with E-state index in [9.17, 15) is 4.79 Å². The minimum absolute atomic E-state index is 0.216. The van der Waals surface area contributed by atoms with Gasteiger partial charge in [-0.25, -0.2) is 4.79 Å². The van der Waals surface area contributed by atoms with Gasteiger partial charge in [0.25, 0.3) is 0 Å². The molecule has 3 rings (SSSR count). The van der Waals surface area contributed by atoms with Crippen molar-refractivity contribution in [2.45, 2.75) is 25.3 Å². The van der Waals surface area contributed by atoms with Gasteiger partial charge in [0.2, 0.25) is 0 Å². The maximum atomic E-state index is 11.1. The summed E-state index contributed by atoms with van der Waals surface area (Å²) >= 11 is 0. The van der Waals surface area contributed by atoms with E-state index in [1.165, 1.54) is 12.8 Å². The predicted octanol–water partition coefficient (Wildman–Crippen LogP) is 1.58. The number of pyridine rings is 1. The molecule has 2 aromatic rings. The van der Waals surface area contributed by atoms with Crippen molar-refractivity contribution in [3.8, 4) is 0 Å². The third kappa shape index (κ3) is 2.08. The highest BCUT2D eigenvalue weighted by atomic mass is 16.4. The van der Waals surface area contributed by atoms with Crippen LogP contribution in [0.15, 0.2) is 18.3 Å². The van der Waals surface area contributed by atoms with Crippen molar-refractivity contribution in [3.05, 3.63) is 29.7 Å². The molecule has 2 aromatic heterocycles. The summed E-state index contributed by atoms with van der Waals surface area (Å²) in [5.41, 5.74) is 0.950. The lowest BCUT2D eigenvalue weighted by molar-refractivity contribution is 0.0696. The zero-order valence-electron chi connectivity index (χ0n) is 10.8. The summed E-state index contributed by atoms with van der Waals surface area (Å²) in [7, 11) is 2.08. The predicted molar refractivity (Wildman–Crippen MR) is 69.2 cm³/mol. The number of nitrogens with zero attached hydrogens (tertiary/aromatic N) is 4. The molecule has 6 heteroatoms. The van der Waals surface area contributed by atoms with Crippen LogP contribution >= 0.6 is 0 Å². The summed E-state index contributed by atoms with van der Waals surface area (Å²) in [5.74, 6) is -0.0983. The molecule has 0 amide bonds. The maximum absolute atomic E-state index is 11.1. The Hall–Kier alpha value is -1.95. The van der Waals surface area contributed by atoms with Gasteiger partial charge >= 0.3 is 5.97 Å². The van der Waals surface area contributed by atoms with E-state index in [4.69, 9.17) is 5.11 Å². The Balaban J connectivity index is 2.07. The van der Waals surface area contributed by atoms with Gasteiger partial charge in [0, 0.05) is 6.20 Å². The van der Waals surface area contributed by atoms with E-state index in [1.807, 2.05) is 0 Å². The first-order valence-corrected chi connectivity index (χ1v) is 6.45. The Morgan fingerprint density at radius 3 is 2.95 bits per heavy atom. The molecule has 19 heavy (non-hydrogen) atoms. The van der Waals surface area contributed by atoms with Gasteiger partial charge in [0.05, 0.1) is 11.6 Å². The van der Waals surface area contributed by atoms with Crippen molar-refractivity contribution in [1.82, 2.24) is 19.5 Å². The van der Waals surface area contributed by atoms with Crippen LogP contribution in [-0.2, 0) is 0 Å². The molecule has 100 valence electrons. The lowest BCUT2D eigenvalue weighted by atomic mass is 10.0. The van der Waals surface area contributed by atoms with Crippen LogP contribution in [0.3, 0.4) is 0 Å². The molecule has 1 N–H and O–H groups in total. The van der Waals surface area contributed by atoms with Crippen molar-refractivity contribution in [3.63, 3.8) is 0 Å². The lowest BCUT2D eigenvalue weighted by Crippen LogP contribution is -2.31. The van der Waals surface area contributed by atoms with Gasteiger partial charge in [-0.3, -0.25) is 9.30 Å². The smallest absolute Gasteiger partial charge is 0.337 e. The van der Waals surface area contributed by atoms with Gasteiger partial charge in [-0.2, -0.15) is 0 Å². The van der Waals surface area contributed by atoms with E-state index in [0.29, 0.717) is 5.65 Å². The summed E-state index contributed by atoms with van der Waals surface area (Å²) in [6.45, 7) is 1.04. The first-order chi connectivity index (χ1) is 9.16. The van der Waals surface area contributed by atoms with Gasteiger partial charge in [-0.05, 0) is 38.6 Å². The number of fused-ring (bicyclic) bond motifs is 1. The molecule has 0 radical (unpaired) electrons. The molecule has 0 bridgehead atoms. The molecule has 1 unspecified atom stereocenters. The van der Waals surface area contributed by atoms with Crippen LogP contribution in [0.25, 0.3) is 5.65 Å². The number of likely N-dealkylation sites (tertiary alicyclic amines) is 1. The first-order valence-electron chi connectivity index (χ1n) is 6.45. The summed E-state index contributed by atoms with van der Waals surface area (Å²) in [6, 6.07) is 3.47. The van der Waals surface area contributed by atoms with Crippen LogP contribution in [-0.4, -0.2) is 44.2 Å². The molecule has 0 spiro atoms. The normalized spacial score (nSPS) is 20.8. The molecule has 0 aliphatic carbocycles. The minimum atomic E-state index is -0.932. The first kappa shape index (κ1) is 12.1. The Morgan fingerprint density at radius 2 is 2.21 bits per heavy atom. The van der Waals surface area contributed by atoms with Crippen molar-refractivity contribution >= 4 is 11.6 Å². The van der Waals surface area contributed by atoms with Crippen molar-refractivity contribution in [2.75, 3.05) is 13.6 Å². The SMILES string of the molecule is CN1CCCCC1c1nnc2ccc(C(=O)O)cn12. The van der Waals surface area contributed by atoms with Gasteiger partial charge in [-0.1, -0.05) is 6.42 Å². The zero-order chi connectivity index (χ0) is 13.4. The van der Waals surface area contributed by atoms with E-state index in [2.05, 4.69) is 22.1 Å². The Morgan fingerprint density at radius 1 is 1.37 bits per heavy atom. The number of hydrogen-bond donors (Lipinski definition) is 1. The Labute approximate surface area is 110 Å². The molecule has 6 nitrogen and oxygen atoms in total. The second-order valence-corrected chi connectivity index (χ2v) is 5.00. The van der Waals surface area contributed by atoms with E-state index >= 15 is 0 Å². The van der Waals surface area contributed by atoms with Crippen LogP contribution in [0.1, 0.15) is 41.5 Å². The van der Waals surface area contributed by atoms with Gasteiger partial charge in [0.15, 0.2) is 11.5 Å². The minimum Gasteiger partial charge on any atom is -0.478 e. The highest BCUT2D eigenvalue weighted by Crippen LogP contribution is 2.28. The monoisotopic (exact) mass is 260 g/mol. The highest BCUT2D eigenvalue weighted by Gasteiger charge is 2.25. The van der Waals surface area contributed by atoms with E-state index in [1.54, 1.807) is 22.7 Å². The standard InChI is InChI=1S/C13H16N4O2/c1-16-7-3-2-4-10(16)12-15-14-11-6-5-9(13(18)19)8-17(11)12/h5-6,8,10H,2-4,7H2,1H3,(H,18,19). The van der Waals surface area contributed by atoms with E-state index in [-0.39, 0.29) is 11.6 Å². The molecule has 1 fully saturated rings. The quantitative estimate of drug-likeness (QED) is 0.887.